The molecule has 28 heavy (non-hydrogen) atoms. The quantitative estimate of drug-likeness (QED) is 0.868. The Balaban J connectivity index is 1.19. The summed E-state index contributed by atoms with van der Waals surface area (Å²) in [4.78, 5) is 32.2. The van der Waals surface area contributed by atoms with Gasteiger partial charge < -0.3 is 14.2 Å². The summed E-state index contributed by atoms with van der Waals surface area (Å²) >= 11 is 0. The Morgan fingerprint density at radius 1 is 1.00 bits per heavy atom. The fraction of sp³-hybridized carbons (Fsp3) is 0.636. The van der Waals surface area contributed by atoms with Crippen molar-refractivity contribution >= 4 is 22.7 Å². The highest BCUT2D eigenvalue weighted by Gasteiger charge is 2.55. The normalized spacial score (nSPS) is 34.4. The van der Waals surface area contributed by atoms with E-state index in [0.717, 1.165) is 74.4 Å². The molecule has 0 atom stereocenters. The highest BCUT2D eigenvalue weighted by Crippen LogP contribution is 2.60. The van der Waals surface area contributed by atoms with Crippen molar-refractivity contribution in [3.05, 3.63) is 28.7 Å². The number of rotatable bonds is 2. The molecule has 1 N–H and O–H groups in total. The van der Waals surface area contributed by atoms with Crippen LogP contribution in [0.5, 0.6) is 0 Å². The van der Waals surface area contributed by atoms with Crippen molar-refractivity contribution in [3.63, 3.8) is 0 Å². The molecular formula is C22H27N3O3. The number of carbonyl (C=O) groups excluding carboxylic acids is 1. The van der Waals surface area contributed by atoms with Gasteiger partial charge in [0.05, 0.1) is 16.6 Å². The molecule has 5 aliphatic rings. The number of piperazine rings is 1. The number of hydrogen-bond acceptors (Lipinski definition) is 4. The van der Waals surface area contributed by atoms with Gasteiger partial charge in [0, 0.05) is 26.2 Å². The maximum atomic E-state index is 13.6. The molecule has 0 unspecified atom stereocenters. The Kier molecular flexibility index (Phi) is 3.50. The average Bonchev–Trinajstić information content (AvgIpc) is 3.07. The third kappa shape index (κ3) is 2.46. The van der Waals surface area contributed by atoms with Crippen LogP contribution in [0.3, 0.4) is 0 Å². The van der Waals surface area contributed by atoms with E-state index in [4.69, 9.17) is 4.42 Å². The molecule has 6 heteroatoms. The van der Waals surface area contributed by atoms with Gasteiger partial charge in [0.15, 0.2) is 5.58 Å². The number of H-pyrrole nitrogens is 1. The Morgan fingerprint density at radius 2 is 1.64 bits per heavy atom. The smallest absolute Gasteiger partial charge is 0.406 e. The largest absolute Gasteiger partial charge is 0.417 e. The number of carbonyl (C=O) groups is 1. The summed E-state index contributed by atoms with van der Waals surface area (Å²) in [5.74, 6) is 2.40. The molecule has 4 aliphatic carbocycles. The van der Waals surface area contributed by atoms with Gasteiger partial charge >= 0.3 is 5.76 Å². The molecule has 0 spiro atoms. The first-order valence-electron chi connectivity index (χ1n) is 10.8. The highest BCUT2D eigenvalue weighted by molar-refractivity contribution is 5.87. The predicted molar refractivity (Wildman–Crippen MR) is 106 cm³/mol. The number of hydrogen-bond donors (Lipinski definition) is 1. The number of fused-ring (bicyclic) bond motifs is 1. The molecule has 1 saturated heterocycles. The van der Waals surface area contributed by atoms with Gasteiger partial charge in [0.2, 0.25) is 5.91 Å². The number of para-hydroxylation sites is 1. The zero-order valence-corrected chi connectivity index (χ0v) is 16.2. The molecule has 5 fully saturated rings. The van der Waals surface area contributed by atoms with E-state index < -0.39 is 5.76 Å². The van der Waals surface area contributed by atoms with Crippen LogP contribution in [0.2, 0.25) is 0 Å². The Hall–Kier alpha value is -2.24. The number of aromatic amines is 1. The van der Waals surface area contributed by atoms with E-state index in [9.17, 15) is 9.59 Å². The van der Waals surface area contributed by atoms with E-state index in [-0.39, 0.29) is 5.41 Å². The van der Waals surface area contributed by atoms with E-state index in [1.807, 2.05) is 18.2 Å². The lowest BCUT2D eigenvalue weighted by molar-refractivity contribution is -0.158. The van der Waals surface area contributed by atoms with E-state index in [1.54, 1.807) is 0 Å². The highest BCUT2D eigenvalue weighted by atomic mass is 16.4. The fourth-order valence-electron chi connectivity index (χ4n) is 7.07. The molecule has 1 aromatic carbocycles. The maximum absolute atomic E-state index is 13.6. The first-order valence-corrected chi connectivity index (χ1v) is 10.8. The summed E-state index contributed by atoms with van der Waals surface area (Å²) in [6, 6.07) is 5.79. The van der Waals surface area contributed by atoms with Crippen LogP contribution >= 0.6 is 0 Å². The summed E-state index contributed by atoms with van der Waals surface area (Å²) in [7, 11) is 0. The lowest BCUT2D eigenvalue weighted by atomic mass is 9.49. The second-order valence-corrected chi connectivity index (χ2v) is 9.65. The van der Waals surface area contributed by atoms with Gasteiger partial charge in [-0.25, -0.2) is 4.79 Å². The molecule has 4 bridgehead atoms. The number of aromatic nitrogens is 1. The first kappa shape index (κ1) is 16.7. The van der Waals surface area contributed by atoms with Crippen molar-refractivity contribution in [2.45, 2.75) is 38.5 Å². The van der Waals surface area contributed by atoms with Crippen molar-refractivity contribution in [1.82, 2.24) is 9.88 Å². The minimum Gasteiger partial charge on any atom is -0.406 e. The van der Waals surface area contributed by atoms with Gasteiger partial charge in [-0.05, 0) is 68.4 Å². The molecule has 6 nitrogen and oxygen atoms in total. The van der Waals surface area contributed by atoms with Gasteiger partial charge in [-0.3, -0.25) is 9.78 Å². The molecule has 1 aromatic heterocycles. The SMILES string of the molecule is O=C(N1CCN(c2cccc3[nH]c(=O)oc23)CC1)C12CC3CC(CC(C3)C1)C2. The Bertz CT molecular complexity index is 947. The van der Waals surface area contributed by atoms with Gasteiger partial charge in [-0.1, -0.05) is 6.07 Å². The predicted octanol–water partition coefficient (Wildman–Crippen LogP) is 2.99. The van der Waals surface area contributed by atoms with Gasteiger partial charge in [0.1, 0.15) is 0 Å². The van der Waals surface area contributed by atoms with Crippen molar-refractivity contribution in [2.75, 3.05) is 31.1 Å². The molecular weight excluding hydrogens is 354 g/mol. The summed E-state index contributed by atoms with van der Waals surface area (Å²) in [6.07, 6.45) is 7.49. The van der Waals surface area contributed by atoms with Crippen molar-refractivity contribution in [1.29, 1.82) is 0 Å². The van der Waals surface area contributed by atoms with Gasteiger partial charge in [-0.2, -0.15) is 0 Å². The molecule has 2 aromatic rings. The van der Waals surface area contributed by atoms with Crippen LogP contribution in [0.15, 0.2) is 27.4 Å². The van der Waals surface area contributed by atoms with E-state index in [0.29, 0.717) is 11.5 Å². The second-order valence-electron chi connectivity index (χ2n) is 9.65. The first-order chi connectivity index (χ1) is 13.6. The lowest BCUT2D eigenvalue weighted by Gasteiger charge is -2.57. The summed E-state index contributed by atoms with van der Waals surface area (Å²) < 4.78 is 5.36. The van der Waals surface area contributed by atoms with E-state index >= 15 is 0 Å². The fourth-order valence-corrected chi connectivity index (χ4v) is 7.07. The lowest BCUT2D eigenvalue weighted by Crippen LogP contribution is -2.58. The molecule has 1 amide bonds. The molecule has 4 saturated carbocycles. The van der Waals surface area contributed by atoms with Crippen molar-refractivity contribution < 1.29 is 9.21 Å². The number of nitrogens with zero attached hydrogens (tertiary/aromatic N) is 2. The molecule has 7 rings (SSSR count). The van der Waals surface area contributed by atoms with Crippen LogP contribution in [0.25, 0.3) is 11.1 Å². The summed E-state index contributed by atoms with van der Waals surface area (Å²) in [5.41, 5.74) is 2.24. The minimum atomic E-state index is -0.418. The molecule has 2 heterocycles. The van der Waals surface area contributed by atoms with Crippen molar-refractivity contribution in [3.8, 4) is 0 Å². The average molecular weight is 381 g/mol. The molecule has 0 radical (unpaired) electrons. The molecule has 1 aliphatic heterocycles. The zero-order valence-electron chi connectivity index (χ0n) is 16.2. The summed E-state index contributed by atoms with van der Waals surface area (Å²) in [5, 5.41) is 0. The third-order valence-electron chi connectivity index (χ3n) is 7.83. The zero-order chi connectivity index (χ0) is 18.9. The number of nitrogens with one attached hydrogen (secondary N) is 1. The van der Waals surface area contributed by atoms with Crippen LogP contribution < -0.4 is 10.7 Å². The maximum Gasteiger partial charge on any atom is 0.417 e. The second kappa shape index (κ2) is 5.88. The number of anilines is 1. The topological polar surface area (TPSA) is 69.6 Å². The van der Waals surface area contributed by atoms with E-state index in [1.165, 1.54) is 19.3 Å². The Morgan fingerprint density at radius 3 is 2.29 bits per heavy atom. The van der Waals surface area contributed by atoms with Crippen LogP contribution in [0, 0.1) is 23.2 Å². The van der Waals surface area contributed by atoms with Gasteiger partial charge in [-0.15, -0.1) is 0 Å². The van der Waals surface area contributed by atoms with Gasteiger partial charge in [0.25, 0.3) is 0 Å². The Labute approximate surface area is 163 Å². The number of amides is 1. The van der Waals surface area contributed by atoms with Crippen LogP contribution in [-0.4, -0.2) is 42.0 Å². The number of oxazole rings is 1. The molecule has 148 valence electrons. The number of benzene rings is 1. The minimum absolute atomic E-state index is 0.0512. The monoisotopic (exact) mass is 381 g/mol. The third-order valence-corrected chi connectivity index (χ3v) is 7.83. The van der Waals surface area contributed by atoms with E-state index in [2.05, 4.69) is 14.8 Å². The van der Waals surface area contributed by atoms with Crippen LogP contribution in [0.4, 0.5) is 5.69 Å². The van der Waals surface area contributed by atoms with Crippen LogP contribution in [0.1, 0.15) is 38.5 Å². The van der Waals surface area contributed by atoms with Crippen LogP contribution in [-0.2, 0) is 4.79 Å². The standard InChI is InChI=1S/C22H27N3O3/c26-20(22-11-14-8-15(12-22)10-16(9-14)13-22)25-6-4-24(5-7-25)18-3-1-2-17-19(18)28-21(27)23-17/h1-3,14-16H,4-13H2,(H,23,27). The summed E-state index contributed by atoms with van der Waals surface area (Å²) in [6.45, 7) is 3.08. The van der Waals surface area contributed by atoms with Crippen molar-refractivity contribution in [2.24, 2.45) is 23.2 Å².